The maximum absolute atomic E-state index is 12.3. The number of aryl methyl sites for hydroxylation is 2. The molecule has 6 nitrogen and oxygen atoms in total. The summed E-state index contributed by atoms with van der Waals surface area (Å²) in [4.78, 5) is 14.2. The number of nitrogens with zero attached hydrogens (tertiary/aromatic N) is 3. The molecule has 0 spiro atoms. The number of amides is 1. The first-order valence-electron chi connectivity index (χ1n) is 7.62. The smallest absolute Gasteiger partial charge is 0.238 e. The number of carbonyl (C=O) groups is 1. The number of likely N-dealkylation sites (N-methyl/N-ethyl adjacent to an activating group) is 1. The minimum atomic E-state index is -0.128. The Kier molecular flexibility index (Phi) is 5.85. The van der Waals surface area contributed by atoms with Crippen molar-refractivity contribution in [1.82, 2.24) is 14.7 Å². The highest BCUT2D eigenvalue weighted by atomic mass is 35.5. The van der Waals surface area contributed by atoms with Crippen molar-refractivity contribution in [3.63, 3.8) is 0 Å². The van der Waals surface area contributed by atoms with E-state index in [-0.39, 0.29) is 12.5 Å². The first kappa shape index (κ1) is 18.3. The molecule has 0 saturated carbocycles. The topological polar surface area (TPSA) is 59.4 Å². The monoisotopic (exact) mass is 350 g/mol. The fraction of sp³-hybridized carbons (Fsp3) is 0.412. The van der Waals surface area contributed by atoms with Gasteiger partial charge in [-0.25, -0.2) is 0 Å². The van der Waals surface area contributed by atoms with Crippen molar-refractivity contribution in [2.24, 2.45) is 7.05 Å². The lowest BCUT2D eigenvalue weighted by Crippen LogP contribution is -2.30. The van der Waals surface area contributed by atoms with Gasteiger partial charge in [-0.3, -0.25) is 14.4 Å². The summed E-state index contributed by atoms with van der Waals surface area (Å²) in [7, 11) is 5.38. The molecule has 0 unspecified atom stereocenters. The van der Waals surface area contributed by atoms with Crippen molar-refractivity contribution in [1.29, 1.82) is 0 Å². The molecule has 1 aromatic carbocycles. The lowest BCUT2D eigenvalue weighted by molar-refractivity contribution is -0.117. The molecule has 0 aliphatic heterocycles. The molecular weight excluding hydrogens is 328 g/mol. The van der Waals surface area contributed by atoms with Crippen LogP contribution in [0.4, 0.5) is 5.69 Å². The van der Waals surface area contributed by atoms with E-state index < -0.39 is 0 Å². The van der Waals surface area contributed by atoms with Gasteiger partial charge in [0.2, 0.25) is 5.91 Å². The van der Waals surface area contributed by atoms with Gasteiger partial charge < -0.3 is 10.1 Å². The Hall–Kier alpha value is -2.05. The van der Waals surface area contributed by atoms with Gasteiger partial charge in [-0.05, 0) is 39.1 Å². The van der Waals surface area contributed by atoms with Crippen LogP contribution >= 0.6 is 11.6 Å². The number of anilines is 1. The molecule has 7 heteroatoms. The maximum atomic E-state index is 12.3. The molecule has 1 amide bonds. The van der Waals surface area contributed by atoms with E-state index in [4.69, 9.17) is 16.3 Å². The number of methoxy groups -OCH3 is 1. The van der Waals surface area contributed by atoms with E-state index in [1.165, 1.54) is 0 Å². The van der Waals surface area contributed by atoms with Crippen LogP contribution in [0.2, 0.25) is 5.02 Å². The summed E-state index contributed by atoms with van der Waals surface area (Å²) in [6.07, 6.45) is 0. The highest BCUT2D eigenvalue weighted by Crippen LogP contribution is 2.27. The third kappa shape index (κ3) is 4.27. The van der Waals surface area contributed by atoms with Crippen molar-refractivity contribution >= 4 is 23.2 Å². The third-order valence-corrected chi connectivity index (χ3v) is 4.17. The molecule has 0 radical (unpaired) electrons. The van der Waals surface area contributed by atoms with Gasteiger partial charge in [0.25, 0.3) is 0 Å². The number of nitrogens with one attached hydrogen (secondary N) is 1. The molecule has 0 aliphatic carbocycles. The van der Waals surface area contributed by atoms with Crippen molar-refractivity contribution in [3.8, 4) is 5.75 Å². The SMILES string of the molecule is COc1ccc(Cl)cc1NC(=O)CN(C)Cc1c(C)nn(C)c1C. The average molecular weight is 351 g/mol. The fourth-order valence-corrected chi connectivity index (χ4v) is 2.76. The van der Waals surface area contributed by atoms with Crippen molar-refractivity contribution in [2.45, 2.75) is 20.4 Å². The number of halogens is 1. The Labute approximate surface area is 147 Å². The molecule has 1 N–H and O–H groups in total. The number of ether oxygens (including phenoxy) is 1. The second-order valence-corrected chi connectivity index (χ2v) is 6.27. The highest BCUT2D eigenvalue weighted by Gasteiger charge is 2.15. The van der Waals surface area contributed by atoms with Crippen LogP contribution in [0.1, 0.15) is 17.0 Å². The normalized spacial score (nSPS) is 11.0. The molecule has 0 saturated heterocycles. The number of benzene rings is 1. The molecular formula is C17H23ClN4O2. The van der Waals surface area contributed by atoms with Gasteiger partial charge in [-0.15, -0.1) is 0 Å². The Balaban J connectivity index is 2.00. The zero-order chi connectivity index (χ0) is 17.9. The van der Waals surface area contributed by atoms with E-state index in [1.807, 2.05) is 37.5 Å². The molecule has 130 valence electrons. The van der Waals surface area contributed by atoms with Crippen LogP contribution in [0.25, 0.3) is 0 Å². The minimum Gasteiger partial charge on any atom is -0.495 e. The molecule has 1 aromatic heterocycles. The number of hydrogen-bond donors (Lipinski definition) is 1. The first-order chi connectivity index (χ1) is 11.3. The molecule has 24 heavy (non-hydrogen) atoms. The molecule has 0 fully saturated rings. The molecule has 2 aromatic rings. The van der Waals surface area contributed by atoms with Crippen LogP contribution in [0.5, 0.6) is 5.75 Å². The number of aromatic nitrogens is 2. The van der Waals surface area contributed by atoms with Gasteiger partial charge in [-0.1, -0.05) is 11.6 Å². The average Bonchev–Trinajstić information content (AvgIpc) is 2.73. The second kappa shape index (κ2) is 7.68. The maximum Gasteiger partial charge on any atom is 0.238 e. The molecule has 0 aliphatic rings. The summed E-state index contributed by atoms with van der Waals surface area (Å²) < 4.78 is 7.09. The van der Waals surface area contributed by atoms with Gasteiger partial charge in [0.15, 0.2) is 0 Å². The molecule has 0 atom stereocenters. The number of rotatable bonds is 6. The summed E-state index contributed by atoms with van der Waals surface area (Å²) >= 11 is 5.98. The molecule has 2 rings (SSSR count). The van der Waals surface area contributed by atoms with Crippen LogP contribution in [0, 0.1) is 13.8 Å². The highest BCUT2D eigenvalue weighted by molar-refractivity contribution is 6.31. The number of hydrogen-bond acceptors (Lipinski definition) is 4. The standard InChI is InChI=1S/C17H23ClN4O2/c1-11-14(12(2)22(4)20-11)9-21(3)10-17(23)19-15-8-13(18)6-7-16(15)24-5/h6-8H,9-10H2,1-5H3,(H,19,23). The zero-order valence-electron chi connectivity index (χ0n) is 14.7. The van der Waals surface area contributed by atoms with E-state index in [9.17, 15) is 4.79 Å². The summed E-state index contributed by atoms with van der Waals surface area (Å²) in [5.41, 5.74) is 3.81. The Bertz CT molecular complexity index is 742. The summed E-state index contributed by atoms with van der Waals surface area (Å²) in [5, 5.41) is 7.79. The van der Waals surface area contributed by atoms with Gasteiger partial charge in [0.05, 0.1) is 25.0 Å². The first-order valence-corrected chi connectivity index (χ1v) is 8.00. The predicted octanol–water partition coefficient (Wildman–Crippen LogP) is 2.77. The lowest BCUT2D eigenvalue weighted by Gasteiger charge is -2.17. The Morgan fingerprint density at radius 3 is 2.71 bits per heavy atom. The quantitative estimate of drug-likeness (QED) is 0.870. The molecule has 0 bridgehead atoms. The predicted molar refractivity (Wildman–Crippen MR) is 95.6 cm³/mol. The Morgan fingerprint density at radius 1 is 1.42 bits per heavy atom. The summed E-state index contributed by atoms with van der Waals surface area (Å²) in [5.74, 6) is 0.451. The van der Waals surface area contributed by atoms with E-state index in [1.54, 1.807) is 25.3 Å². The Morgan fingerprint density at radius 2 is 2.12 bits per heavy atom. The minimum absolute atomic E-state index is 0.128. The fourth-order valence-electron chi connectivity index (χ4n) is 2.58. The van der Waals surface area contributed by atoms with E-state index in [0.717, 1.165) is 17.0 Å². The zero-order valence-corrected chi connectivity index (χ0v) is 15.4. The molecule has 1 heterocycles. The van der Waals surface area contributed by atoms with Gasteiger partial charge in [0.1, 0.15) is 5.75 Å². The number of carbonyl (C=O) groups excluding carboxylic acids is 1. The summed E-state index contributed by atoms with van der Waals surface area (Å²) in [6.45, 7) is 4.92. The second-order valence-electron chi connectivity index (χ2n) is 5.84. The van der Waals surface area contributed by atoms with Crippen molar-refractivity contribution in [3.05, 3.63) is 40.2 Å². The van der Waals surface area contributed by atoms with E-state index in [0.29, 0.717) is 23.0 Å². The third-order valence-electron chi connectivity index (χ3n) is 3.94. The van der Waals surface area contributed by atoms with Crippen LogP contribution in [-0.2, 0) is 18.4 Å². The largest absolute Gasteiger partial charge is 0.495 e. The van der Waals surface area contributed by atoms with Crippen LogP contribution in [-0.4, -0.2) is 41.3 Å². The van der Waals surface area contributed by atoms with Crippen molar-refractivity contribution in [2.75, 3.05) is 26.0 Å². The van der Waals surface area contributed by atoms with E-state index in [2.05, 4.69) is 10.4 Å². The van der Waals surface area contributed by atoms with Crippen LogP contribution < -0.4 is 10.1 Å². The van der Waals surface area contributed by atoms with Gasteiger partial charge in [0, 0.05) is 29.9 Å². The van der Waals surface area contributed by atoms with Gasteiger partial charge >= 0.3 is 0 Å². The summed E-state index contributed by atoms with van der Waals surface area (Å²) in [6, 6.07) is 5.12. The van der Waals surface area contributed by atoms with Crippen LogP contribution in [0.3, 0.4) is 0 Å². The van der Waals surface area contributed by atoms with E-state index >= 15 is 0 Å². The lowest BCUT2D eigenvalue weighted by atomic mass is 10.2. The van der Waals surface area contributed by atoms with Crippen LogP contribution in [0.15, 0.2) is 18.2 Å². The van der Waals surface area contributed by atoms with Crippen molar-refractivity contribution < 1.29 is 9.53 Å². The van der Waals surface area contributed by atoms with Gasteiger partial charge in [-0.2, -0.15) is 5.10 Å².